The molecule has 102 valence electrons. The second-order valence-electron chi connectivity index (χ2n) is 5.03. The molecule has 1 amide bonds. The third kappa shape index (κ3) is 3.31. The van der Waals surface area contributed by atoms with Gasteiger partial charge in [-0.2, -0.15) is 5.26 Å². The lowest BCUT2D eigenvalue weighted by Gasteiger charge is -2.23. The molecule has 1 saturated carbocycles. The Morgan fingerprint density at radius 1 is 1.37 bits per heavy atom. The van der Waals surface area contributed by atoms with Gasteiger partial charge in [-0.05, 0) is 12.8 Å². The minimum Gasteiger partial charge on any atom is -0.353 e. The molecule has 1 aliphatic rings. The molecular weight excluding hydrogens is 242 g/mol. The summed E-state index contributed by atoms with van der Waals surface area (Å²) in [5.74, 6) is -0.128. The van der Waals surface area contributed by atoms with E-state index >= 15 is 0 Å². The zero-order valence-corrected chi connectivity index (χ0v) is 11.0. The average Bonchev–Trinajstić information content (AvgIpc) is 2.82. The fourth-order valence-corrected chi connectivity index (χ4v) is 2.53. The number of hydrogen-bond donors (Lipinski definition) is 1. The summed E-state index contributed by atoms with van der Waals surface area (Å²) in [4.78, 5) is 12.3. The summed E-state index contributed by atoms with van der Waals surface area (Å²) in [6, 6.07) is 2.25. The van der Waals surface area contributed by atoms with Crippen molar-refractivity contribution >= 4 is 5.91 Å². The van der Waals surface area contributed by atoms with Gasteiger partial charge in [0.25, 0.3) is 0 Å². The number of nitrogens with zero attached hydrogens (tertiary/aromatic N) is 4. The van der Waals surface area contributed by atoms with E-state index in [9.17, 15) is 10.1 Å². The highest BCUT2D eigenvalue weighted by molar-refractivity contribution is 5.85. The average molecular weight is 261 g/mol. The number of carbonyl (C=O) groups excluding carboxylic acids is 1. The van der Waals surface area contributed by atoms with E-state index in [1.165, 1.54) is 0 Å². The molecule has 0 aromatic carbocycles. The van der Waals surface area contributed by atoms with Gasteiger partial charge in [-0.3, -0.25) is 9.48 Å². The smallest absolute Gasteiger partial charge is 0.240 e. The van der Waals surface area contributed by atoms with Crippen molar-refractivity contribution in [1.29, 1.82) is 5.26 Å². The summed E-state index contributed by atoms with van der Waals surface area (Å²) >= 11 is 0. The van der Waals surface area contributed by atoms with Crippen molar-refractivity contribution in [3.05, 3.63) is 12.4 Å². The van der Waals surface area contributed by atoms with Crippen LogP contribution in [-0.4, -0.2) is 27.4 Å². The second kappa shape index (κ2) is 6.32. The monoisotopic (exact) mass is 261 g/mol. The molecule has 1 aromatic heterocycles. The van der Waals surface area contributed by atoms with Crippen LogP contribution < -0.4 is 5.32 Å². The molecule has 0 bridgehead atoms. The highest BCUT2D eigenvalue weighted by Crippen LogP contribution is 2.34. The van der Waals surface area contributed by atoms with Crippen molar-refractivity contribution < 1.29 is 4.79 Å². The summed E-state index contributed by atoms with van der Waals surface area (Å²) < 4.78 is 1.66. The first-order valence-corrected chi connectivity index (χ1v) is 6.80. The van der Waals surface area contributed by atoms with E-state index in [0.29, 0.717) is 25.9 Å². The highest BCUT2D eigenvalue weighted by atomic mass is 16.2. The van der Waals surface area contributed by atoms with Crippen molar-refractivity contribution in [1.82, 2.24) is 20.3 Å². The van der Waals surface area contributed by atoms with Gasteiger partial charge in [0.1, 0.15) is 5.41 Å². The van der Waals surface area contributed by atoms with E-state index in [1.807, 2.05) is 0 Å². The summed E-state index contributed by atoms with van der Waals surface area (Å²) in [5.41, 5.74) is -0.821. The third-order valence-electron chi connectivity index (χ3n) is 3.70. The van der Waals surface area contributed by atoms with Crippen LogP contribution in [0.4, 0.5) is 0 Å². The van der Waals surface area contributed by atoms with Gasteiger partial charge < -0.3 is 5.32 Å². The van der Waals surface area contributed by atoms with Crippen LogP contribution in [0.1, 0.15) is 38.5 Å². The van der Waals surface area contributed by atoms with Crippen LogP contribution in [0.2, 0.25) is 0 Å². The molecule has 0 spiro atoms. The molecule has 0 atom stereocenters. The third-order valence-corrected chi connectivity index (χ3v) is 3.70. The molecule has 1 aliphatic carbocycles. The Kier molecular flexibility index (Phi) is 4.50. The van der Waals surface area contributed by atoms with Crippen LogP contribution in [0, 0.1) is 16.7 Å². The van der Waals surface area contributed by atoms with Crippen LogP contribution in [0.15, 0.2) is 12.4 Å². The summed E-state index contributed by atoms with van der Waals surface area (Å²) in [7, 11) is 0. The van der Waals surface area contributed by atoms with Crippen molar-refractivity contribution in [3.8, 4) is 6.07 Å². The van der Waals surface area contributed by atoms with E-state index in [4.69, 9.17) is 0 Å². The van der Waals surface area contributed by atoms with Crippen molar-refractivity contribution in [2.45, 2.75) is 45.1 Å². The maximum absolute atomic E-state index is 12.3. The maximum Gasteiger partial charge on any atom is 0.240 e. The Morgan fingerprint density at radius 3 is 2.68 bits per heavy atom. The molecular formula is C13H19N5O. The Hall–Kier alpha value is -1.90. The second-order valence-corrected chi connectivity index (χ2v) is 5.03. The first-order valence-electron chi connectivity index (χ1n) is 6.80. The molecule has 0 saturated heterocycles. The molecule has 1 heterocycles. The Bertz CT molecular complexity index is 440. The lowest BCUT2D eigenvalue weighted by Crippen LogP contribution is -2.41. The minimum atomic E-state index is -0.821. The van der Waals surface area contributed by atoms with Crippen molar-refractivity contribution in [2.75, 3.05) is 6.54 Å². The Balaban J connectivity index is 1.87. The molecule has 6 heteroatoms. The minimum absolute atomic E-state index is 0.128. The zero-order valence-electron chi connectivity index (χ0n) is 11.0. The van der Waals surface area contributed by atoms with Gasteiger partial charge in [0.15, 0.2) is 0 Å². The molecule has 2 rings (SSSR count). The summed E-state index contributed by atoms with van der Waals surface area (Å²) in [6.45, 7) is 1.05. The van der Waals surface area contributed by atoms with Gasteiger partial charge in [-0.25, -0.2) is 0 Å². The normalized spacial score (nSPS) is 18.3. The molecule has 0 unspecified atom stereocenters. The fraction of sp³-hybridized carbons (Fsp3) is 0.692. The standard InChI is InChI=1S/C13H19N5O/c14-11-13(5-3-1-2-4-6-13)12(19)15-7-9-18-10-8-16-17-18/h8,10H,1-7,9H2,(H,15,19). The van der Waals surface area contributed by atoms with Gasteiger partial charge in [-0.15, -0.1) is 5.10 Å². The maximum atomic E-state index is 12.3. The number of hydrogen-bond acceptors (Lipinski definition) is 4. The summed E-state index contributed by atoms with van der Waals surface area (Å²) in [6.07, 6.45) is 8.87. The molecule has 0 radical (unpaired) electrons. The predicted octanol–water partition coefficient (Wildman–Crippen LogP) is 1.26. The van der Waals surface area contributed by atoms with Crippen molar-refractivity contribution in [3.63, 3.8) is 0 Å². The van der Waals surface area contributed by atoms with Crippen LogP contribution in [0.3, 0.4) is 0 Å². The number of aromatic nitrogens is 3. The first kappa shape index (κ1) is 13.5. The quantitative estimate of drug-likeness (QED) is 0.827. The fourth-order valence-electron chi connectivity index (χ4n) is 2.53. The van der Waals surface area contributed by atoms with Crippen LogP contribution >= 0.6 is 0 Å². The van der Waals surface area contributed by atoms with Crippen molar-refractivity contribution in [2.24, 2.45) is 5.41 Å². The van der Waals surface area contributed by atoms with Gasteiger partial charge in [0.05, 0.1) is 18.8 Å². The molecule has 1 aromatic rings. The van der Waals surface area contributed by atoms with Gasteiger partial charge in [0.2, 0.25) is 5.91 Å². The van der Waals surface area contributed by atoms with Crippen LogP contribution in [-0.2, 0) is 11.3 Å². The number of carbonyl (C=O) groups is 1. The largest absolute Gasteiger partial charge is 0.353 e. The molecule has 0 aliphatic heterocycles. The molecule has 19 heavy (non-hydrogen) atoms. The lowest BCUT2D eigenvalue weighted by atomic mass is 9.81. The molecule has 1 N–H and O–H groups in total. The number of amides is 1. The first-order chi connectivity index (χ1) is 9.27. The SMILES string of the molecule is N#CC1(C(=O)NCCn2ccnn2)CCCCCC1. The lowest BCUT2D eigenvalue weighted by molar-refractivity contribution is -0.128. The number of rotatable bonds is 4. The van der Waals surface area contributed by atoms with Gasteiger partial charge in [-0.1, -0.05) is 30.9 Å². The molecule has 6 nitrogen and oxygen atoms in total. The van der Waals surface area contributed by atoms with E-state index in [2.05, 4.69) is 21.7 Å². The van der Waals surface area contributed by atoms with E-state index in [1.54, 1.807) is 17.1 Å². The van der Waals surface area contributed by atoms with E-state index < -0.39 is 5.41 Å². The number of nitrogens with one attached hydrogen (secondary N) is 1. The van der Waals surface area contributed by atoms with Gasteiger partial charge >= 0.3 is 0 Å². The Labute approximate surface area is 112 Å². The summed E-state index contributed by atoms with van der Waals surface area (Å²) in [5, 5.41) is 19.8. The van der Waals surface area contributed by atoms with E-state index in [-0.39, 0.29) is 5.91 Å². The van der Waals surface area contributed by atoms with Gasteiger partial charge in [0, 0.05) is 12.7 Å². The zero-order chi connectivity index (χ0) is 13.6. The topological polar surface area (TPSA) is 83.6 Å². The Morgan fingerprint density at radius 2 is 2.11 bits per heavy atom. The van der Waals surface area contributed by atoms with Crippen LogP contribution in [0.25, 0.3) is 0 Å². The molecule has 1 fully saturated rings. The van der Waals surface area contributed by atoms with E-state index in [0.717, 1.165) is 25.7 Å². The number of nitriles is 1. The predicted molar refractivity (Wildman–Crippen MR) is 68.8 cm³/mol. The van der Waals surface area contributed by atoms with Crippen LogP contribution in [0.5, 0.6) is 0 Å². The highest BCUT2D eigenvalue weighted by Gasteiger charge is 2.38.